The Kier molecular flexibility index (Phi) is 6.26. The van der Waals surface area contributed by atoms with Crippen LogP contribution in [0.1, 0.15) is 48.5 Å². The lowest BCUT2D eigenvalue weighted by molar-refractivity contribution is -0.383. The number of rotatable bonds is 6. The van der Waals surface area contributed by atoms with Crippen LogP contribution >= 0.6 is 0 Å². The second kappa shape index (κ2) is 8.84. The largest absolute Gasteiger partial charge is 0.393 e. The maximum Gasteiger partial charge on any atom is 0.292 e. The Bertz CT molecular complexity index is 868. The number of anilines is 2. The van der Waals surface area contributed by atoms with Crippen molar-refractivity contribution in [2.45, 2.75) is 45.3 Å². The summed E-state index contributed by atoms with van der Waals surface area (Å²) in [5.41, 5.74) is 7.09. The highest BCUT2D eigenvalue weighted by molar-refractivity contribution is 6.05. The van der Waals surface area contributed by atoms with E-state index >= 15 is 0 Å². The molecule has 2 aromatic rings. The summed E-state index contributed by atoms with van der Waals surface area (Å²) in [5, 5.41) is 13.8. The van der Waals surface area contributed by atoms with E-state index in [1.165, 1.54) is 31.0 Å². The molecule has 1 amide bonds. The van der Waals surface area contributed by atoms with Crippen molar-refractivity contribution in [2.24, 2.45) is 5.92 Å². The zero-order chi connectivity index (χ0) is 20.1. The molecule has 1 saturated carbocycles. The number of benzene rings is 2. The summed E-state index contributed by atoms with van der Waals surface area (Å²) < 4.78 is 6.04. The van der Waals surface area contributed by atoms with Crippen LogP contribution in [-0.2, 0) is 11.3 Å². The zero-order valence-electron chi connectivity index (χ0n) is 15.9. The van der Waals surface area contributed by atoms with Crippen LogP contribution in [0.2, 0.25) is 0 Å². The van der Waals surface area contributed by atoms with Crippen LogP contribution in [-0.4, -0.2) is 16.9 Å². The molecular formula is C21H25N3O4. The lowest BCUT2D eigenvalue weighted by atomic mass is 9.89. The summed E-state index contributed by atoms with van der Waals surface area (Å²) >= 11 is 0. The third-order valence-corrected chi connectivity index (χ3v) is 5.05. The number of ether oxygens (including phenoxy) is 1. The van der Waals surface area contributed by atoms with Gasteiger partial charge in [-0.15, -0.1) is 0 Å². The number of amides is 1. The van der Waals surface area contributed by atoms with E-state index in [2.05, 4.69) is 12.2 Å². The van der Waals surface area contributed by atoms with E-state index in [-0.39, 0.29) is 23.0 Å². The molecule has 0 bridgehead atoms. The van der Waals surface area contributed by atoms with Crippen molar-refractivity contribution >= 4 is 23.0 Å². The Morgan fingerprint density at radius 1 is 1.29 bits per heavy atom. The molecule has 148 valence electrons. The van der Waals surface area contributed by atoms with Gasteiger partial charge in [0.15, 0.2) is 0 Å². The van der Waals surface area contributed by atoms with E-state index in [0.29, 0.717) is 18.2 Å². The Balaban J connectivity index is 1.63. The van der Waals surface area contributed by atoms with Crippen molar-refractivity contribution in [2.75, 3.05) is 11.1 Å². The van der Waals surface area contributed by atoms with Gasteiger partial charge in [0.25, 0.3) is 11.6 Å². The highest BCUT2D eigenvalue weighted by Crippen LogP contribution is 2.27. The first-order valence-corrected chi connectivity index (χ1v) is 9.48. The number of nitrogens with two attached hydrogens (primary N) is 1. The van der Waals surface area contributed by atoms with Gasteiger partial charge >= 0.3 is 0 Å². The number of hydrogen-bond acceptors (Lipinski definition) is 5. The van der Waals surface area contributed by atoms with Gasteiger partial charge < -0.3 is 15.8 Å². The molecule has 1 aliphatic carbocycles. The van der Waals surface area contributed by atoms with Crippen molar-refractivity contribution < 1.29 is 14.5 Å². The third kappa shape index (κ3) is 5.07. The van der Waals surface area contributed by atoms with Crippen molar-refractivity contribution in [3.8, 4) is 0 Å². The predicted octanol–water partition coefficient (Wildman–Crippen LogP) is 4.52. The number of carbonyl (C=O) groups is 1. The topological polar surface area (TPSA) is 107 Å². The fourth-order valence-corrected chi connectivity index (χ4v) is 3.53. The second-order valence-corrected chi connectivity index (χ2v) is 7.39. The van der Waals surface area contributed by atoms with Crippen molar-refractivity contribution in [3.05, 3.63) is 63.7 Å². The van der Waals surface area contributed by atoms with Crippen molar-refractivity contribution in [1.82, 2.24) is 0 Å². The molecule has 3 rings (SSSR count). The summed E-state index contributed by atoms with van der Waals surface area (Å²) in [6, 6.07) is 11.4. The molecule has 0 spiro atoms. The molecule has 1 fully saturated rings. The van der Waals surface area contributed by atoms with Crippen LogP contribution in [0.4, 0.5) is 17.1 Å². The van der Waals surface area contributed by atoms with E-state index < -0.39 is 10.8 Å². The fraction of sp³-hybridized carbons (Fsp3) is 0.381. The normalized spacial score (nSPS) is 19.2. The van der Waals surface area contributed by atoms with E-state index in [9.17, 15) is 14.9 Å². The number of nitrogens with one attached hydrogen (secondary N) is 1. The van der Waals surface area contributed by atoms with E-state index in [1.54, 1.807) is 6.07 Å². The summed E-state index contributed by atoms with van der Waals surface area (Å²) in [4.78, 5) is 22.8. The van der Waals surface area contributed by atoms with Gasteiger partial charge in [-0.1, -0.05) is 31.9 Å². The van der Waals surface area contributed by atoms with Crippen LogP contribution in [0.3, 0.4) is 0 Å². The molecular weight excluding hydrogens is 358 g/mol. The van der Waals surface area contributed by atoms with E-state index in [4.69, 9.17) is 10.5 Å². The molecule has 0 saturated heterocycles. The Morgan fingerprint density at radius 3 is 2.86 bits per heavy atom. The first-order valence-electron chi connectivity index (χ1n) is 9.48. The predicted molar refractivity (Wildman–Crippen MR) is 108 cm³/mol. The van der Waals surface area contributed by atoms with Crippen LogP contribution < -0.4 is 11.1 Å². The number of nitrogen functional groups attached to an aromatic ring is 1. The average Bonchev–Trinajstić information content (AvgIpc) is 2.67. The molecule has 7 nitrogen and oxygen atoms in total. The molecule has 0 heterocycles. The van der Waals surface area contributed by atoms with Crippen LogP contribution in [0, 0.1) is 16.0 Å². The maximum absolute atomic E-state index is 12.4. The number of nitro benzene ring substituents is 1. The summed E-state index contributed by atoms with van der Waals surface area (Å²) in [6.45, 7) is 2.75. The molecule has 7 heteroatoms. The monoisotopic (exact) mass is 383 g/mol. The molecule has 28 heavy (non-hydrogen) atoms. The van der Waals surface area contributed by atoms with Crippen LogP contribution in [0.25, 0.3) is 0 Å². The molecule has 2 atom stereocenters. The number of carbonyl (C=O) groups excluding carboxylic acids is 1. The maximum atomic E-state index is 12.4. The first-order chi connectivity index (χ1) is 13.4. The van der Waals surface area contributed by atoms with Crippen LogP contribution in [0.5, 0.6) is 0 Å². The van der Waals surface area contributed by atoms with Gasteiger partial charge in [-0.2, -0.15) is 0 Å². The SMILES string of the molecule is CC1CCCC(OCc2cccc(NC(=O)c3ccc(N)c([N+](=O)[O-])c3)c2)C1. The van der Waals surface area contributed by atoms with E-state index in [1.807, 2.05) is 18.2 Å². The number of nitrogens with zero attached hydrogens (tertiary/aromatic N) is 1. The van der Waals surface area contributed by atoms with Gasteiger partial charge in [-0.25, -0.2) is 0 Å². The van der Waals surface area contributed by atoms with E-state index in [0.717, 1.165) is 18.4 Å². The van der Waals surface area contributed by atoms with Crippen molar-refractivity contribution in [3.63, 3.8) is 0 Å². The van der Waals surface area contributed by atoms with Gasteiger partial charge in [0.1, 0.15) is 5.69 Å². The van der Waals surface area contributed by atoms with Crippen molar-refractivity contribution in [1.29, 1.82) is 0 Å². The zero-order valence-corrected chi connectivity index (χ0v) is 15.9. The minimum Gasteiger partial charge on any atom is -0.393 e. The van der Waals surface area contributed by atoms with Gasteiger partial charge in [-0.3, -0.25) is 14.9 Å². The standard InChI is InChI=1S/C21H25N3O4/c1-14-4-2-7-18(10-14)28-13-15-5-3-6-17(11-15)23-21(25)16-8-9-19(22)20(12-16)24(26)27/h3,5-6,8-9,11-12,14,18H,2,4,7,10,13,22H2,1H3,(H,23,25). The molecule has 2 unspecified atom stereocenters. The third-order valence-electron chi connectivity index (χ3n) is 5.05. The summed E-state index contributed by atoms with van der Waals surface area (Å²) in [7, 11) is 0. The lowest BCUT2D eigenvalue weighted by Crippen LogP contribution is -2.21. The van der Waals surface area contributed by atoms with Gasteiger partial charge in [-0.05, 0) is 48.6 Å². The number of nitro groups is 1. The fourth-order valence-electron chi connectivity index (χ4n) is 3.53. The second-order valence-electron chi connectivity index (χ2n) is 7.39. The lowest BCUT2D eigenvalue weighted by Gasteiger charge is -2.26. The minimum absolute atomic E-state index is 0.0257. The Hall–Kier alpha value is -2.93. The Morgan fingerprint density at radius 2 is 2.11 bits per heavy atom. The Labute approximate surface area is 164 Å². The van der Waals surface area contributed by atoms with Gasteiger partial charge in [0.05, 0.1) is 17.6 Å². The minimum atomic E-state index is -0.601. The highest BCUT2D eigenvalue weighted by Gasteiger charge is 2.19. The highest BCUT2D eigenvalue weighted by atomic mass is 16.6. The summed E-state index contributed by atoms with van der Waals surface area (Å²) in [6.07, 6.45) is 4.95. The molecule has 3 N–H and O–H groups in total. The molecule has 1 aliphatic rings. The van der Waals surface area contributed by atoms with Crippen LogP contribution in [0.15, 0.2) is 42.5 Å². The molecule has 0 aromatic heterocycles. The quantitative estimate of drug-likeness (QED) is 0.433. The summed E-state index contributed by atoms with van der Waals surface area (Å²) in [5.74, 6) is 0.274. The smallest absolute Gasteiger partial charge is 0.292 e. The number of hydrogen-bond donors (Lipinski definition) is 2. The average molecular weight is 383 g/mol. The molecule has 0 radical (unpaired) electrons. The van der Waals surface area contributed by atoms with Gasteiger partial charge in [0, 0.05) is 17.3 Å². The van der Waals surface area contributed by atoms with Gasteiger partial charge in [0.2, 0.25) is 0 Å². The molecule has 2 aromatic carbocycles. The first kappa shape index (κ1) is 19.8. The molecule has 0 aliphatic heterocycles.